The lowest BCUT2D eigenvalue weighted by atomic mass is 10.1. The summed E-state index contributed by atoms with van der Waals surface area (Å²) in [6.07, 6.45) is 7.79. The normalized spacial score (nSPS) is 15.3. The van der Waals surface area contributed by atoms with E-state index in [0.29, 0.717) is 12.4 Å². The van der Waals surface area contributed by atoms with Crippen LogP contribution in [0.15, 0.2) is 48.5 Å². The molecule has 2 aromatic rings. The van der Waals surface area contributed by atoms with Crippen LogP contribution in [0.1, 0.15) is 31.7 Å². The standard InChI is InChI=1S/C22H27NO3/c1-2-6-18-17-19(24)7-12-22(18)26-21-10-8-20(9-11-21)25-16-15-23-13-4-3-5-14-23/h2,6-12,17,24H,3-5,13-16H2,1H3. The third kappa shape index (κ3) is 5.27. The molecule has 0 aromatic heterocycles. The summed E-state index contributed by atoms with van der Waals surface area (Å²) in [4.78, 5) is 2.47. The molecule has 0 atom stereocenters. The number of hydrogen-bond acceptors (Lipinski definition) is 4. The summed E-state index contributed by atoms with van der Waals surface area (Å²) in [7, 11) is 0. The molecule has 4 heteroatoms. The average Bonchev–Trinajstić information content (AvgIpc) is 2.66. The van der Waals surface area contributed by atoms with E-state index in [0.717, 1.165) is 23.6 Å². The van der Waals surface area contributed by atoms with Crippen LogP contribution in [-0.2, 0) is 0 Å². The fourth-order valence-electron chi connectivity index (χ4n) is 3.15. The van der Waals surface area contributed by atoms with Gasteiger partial charge in [0.05, 0.1) is 0 Å². The van der Waals surface area contributed by atoms with E-state index in [4.69, 9.17) is 9.47 Å². The molecule has 0 spiro atoms. The highest BCUT2D eigenvalue weighted by atomic mass is 16.5. The molecule has 0 radical (unpaired) electrons. The molecule has 4 nitrogen and oxygen atoms in total. The highest BCUT2D eigenvalue weighted by molar-refractivity contribution is 5.60. The Morgan fingerprint density at radius 3 is 2.46 bits per heavy atom. The first kappa shape index (κ1) is 18.3. The molecule has 1 aliphatic heterocycles. The van der Waals surface area contributed by atoms with Gasteiger partial charge in [-0.05, 0) is 75.3 Å². The van der Waals surface area contributed by atoms with Crippen LogP contribution < -0.4 is 9.47 Å². The van der Waals surface area contributed by atoms with Crippen LogP contribution in [0, 0.1) is 0 Å². The third-order valence-electron chi connectivity index (χ3n) is 4.52. The number of benzene rings is 2. The van der Waals surface area contributed by atoms with Gasteiger partial charge >= 0.3 is 0 Å². The predicted octanol–water partition coefficient (Wildman–Crippen LogP) is 5.08. The second-order valence-electron chi connectivity index (χ2n) is 6.55. The maximum Gasteiger partial charge on any atom is 0.134 e. The first-order valence-corrected chi connectivity index (χ1v) is 9.33. The number of allylic oxidation sites excluding steroid dienone is 1. The topological polar surface area (TPSA) is 41.9 Å². The molecule has 1 aliphatic rings. The number of phenolic OH excluding ortho intramolecular Hbond substituents is 1. The summed E-state index contributed by atoms with van der Waals surface area (Å²) < 4.78 is 11.8. The number of rotatable bonds is 7. The molecule has 0 bridgehead atoms. The van der Waals surface area contributed by atoms with E-state index in [1.54, 1.807) is 18.2 Å². The Hall–Kier alpha value is -2.46. The zero-order valence-corrected chi connectivity index (χ0v) is 15.4. The second kappa shape index (κ2) is 9.30. The van der Waals surface area contributed by atoms with Crippen molar-refractivity contribution in [3.63, 3.8) is 0 Å². The predicted molar refractivity (Wildman–Crippen MR) is 105 cm³/mol. The van der Waals surface area contributed by atoms with Crippen LogP contribution in [0.3, 0.4) is 0 Å². The Morgan fingerprint density at radius 2 is 1.73 bits per heavy atom. The van der Waals surface area contributed by atoms with Gasteiger partial charge in [0.1, 0.15) is 29.6 Å². The van der Waals surface area contributed by atoms with Crippen LogP contribution in [-0.4, -0.2) is 36.2 Å². The Labute approximate surface area is 155 Å². The molecular formula is C22H27NO3. The monoisotopic (exact) mass is 353 g/mol. The van der Waals surface area contributed by atoms with Crippen molar-refractivity contribution in [2.75, 3.05) is 26.2 Å². The van der Waals surface area contributed by atoms with Gasteiger partial charge in [0.2, 0.25) is 0 Å². The van der Waals surface area contributed by atoms with E-state index in [2.05, 4.69) is 4.90 Å². The third-order valence-corrected chi connectivity index (χ3v) is 4.52. The van der Waals surface area contributed by atoms with Crippen molar-refractivity contribution in [2.45, 2.75) is 26.2 Å². The first-order valence-electron chi connectivity index (χ1n) is 9.33. The number of ether oxygens (including phenoxy) is 2. The number of piperidine rings is 1. The number of nitrogens with zero attached hydrogens (tertiary/aromatic N) is 1. The van der Waals surface area contributed by atoms with Gasteiger partial charge in [0, 0.05) is 12.1 Å². The summed E-state index contributed by atoms with van der Waals surface area (Å²) in [6.45, 7) is 6.01. The van der Waals surface area contributed by atoms with E-state index in [-0.39, 0.29) is 5.75 Å². The van der Waals surface area contributed by atoms with E-state index in [1.165, 1.54) is 32.4 Å². The van der Waals surface area contributed by atoms with Gasteiger partial charge in [0.25, 0.3) is 0 Å². The molecular weight excluding hydrogens is 326 g/mol. The summed E-state index contributed by atoms with van der Waals surface area (Å²) >= 11 is 0. The van der Waals surface area contributed by atoms with Crippen LogP contribution in [0.4, 0.5) is 0 Å². The number of phenols is 1. The molecule has 0 amide bonds. The highest BCUT2D eigenvalue weighted by Gasteiger charge is 2.09. The Balaban J connectivity index is 1.54. The molecule has 0 unspecified atom stereocenters. The van der Waals surface area contributed by atoms with Crippen LogP contribution in [0.5, 0.6) is 23.0 Å². The van der Waals surface area contributed by atoms with Gasteiger partial charge in [-0.1, -0.05) is 18.6 Å². The smallest absolute Gasteiger partial charge is 0.134 e. The van der Waals surface area contributed by atoms with Crippen LogP contribution >= 0.6 is 0 Å². The Kier molecular flexibility index (Phi) is 6.56. The van der Waals surface area contributed by atoms with E-state index in [9.17, 15) is 5.11 Å². The quantitative estimate of drug-likeness (QED) is 0.753. The maximum absolute atomic E-state index is 9.63. The summed E-state index contributed by atoms with van der Waals surface area (Å²) in [5.41, 5.74) is 0.842. The fourth-order valence-corrected chi connectivity index (χ4v) is 3.15. The SMILES string of the molecule is CC=Cc1cc(O)ccc1Oc1ccc(OCCN2CCCCC2)cc1. The van der Waals surface area contributed by atoms with Gasteiger partial charge < -0.3 is 14.6 Å². The average molecular weight is 353 g/mol. The minimum absolute atomic E-state index is 0.225. The molecule has 26 heavy (non-hydrogen) atoms. The zero-order valence-electron chi connectivity index (χ0n) is 15.4. The lowest BCUT2D eigenvalue weighted by molar-refractivity contribution is 0.183. The fraction of sp³-hybridized carbons (Fsp3) is 0.364. The first-order chi connectivity index (χ1) is 12.7. The van der Waals surface area contributed by atoms with Crippen molar-refractivity contribution >= 4 is 6.08 Å². The minimum atomic E-state index is 0.225. The molecule has 1 fully saturated rings. The highest BCUT2D eigenvalue weighted by Crippen LogP contribution is 2.30. The minimum Gasteiger partial charge on any atom is -0.508 e. The van der Waals surface area contributed by atoms with E-state index >= 15 is 0 Å². The molecule has 0 aliphatic carbocycles. The summed E-state index contributed by atoms with van der Waals surface area (Å²) in [5, 5.41) is 9.63. The number of likely N-dealkylation sites (tertiary alicyclic amines) is 1. The lowest BCUT2D eigenvalue weighted by Crippen LogP contribution is -2.33. The molecule has 1 N–H and O–H groups in total. The van der Waals surface area contributed by atoms with Gasteiger partial charge in [-0.25, -0.2) is 0 Å². The molecule has 3 rings (SSSR count). The molecule has 1 saturated heterocycles. The van der Waals surface area contributed by atoms with Crippen LogP contribution in [0.2, 0.25) is 0 Å². The largest absolute Gasteiger partial charge is 0.508 e. The summed E-state index contributed by atoms with van der Waals surface area (Å²) in [5.74, 6) is 2.53. The van der Waals surface area contributed by atoms with Crippen molar-refractivity contribution in [3.8, 4) is 23.0 Å². The molecule has 0 saturated carbocycles. The van der Waals surface area contributed by atoms with E-state index < -0.39 is 0 Å². The number of hydrogen-bond donors (Lipinski definition) is 1. The second-order valence-corrected chi connectivity index (χ2v) is 6.55. The molecule has 1 heterocycles. The Morgan fingerprint density at radius 1 is 1.00 bits per heavy atom. The van der Waals surface area contributed by atoms with Crippen molar-refractivity contribution < 1.29 is 14.6 Å². The van der Waals surface area contributed by atoms with Crippen molar-refractivity contribution in [2.24, 2.45) is 0 Å². The Bertz CT molecular complexity index is 719. The van der Waals surface area contributed by atoms with Crippen molar-refractivity contribution in [1.29, 1.82) is 0 Å². The lowest BCUT2D eigenvalue weighted by Gasteiger charge is -2.26. The summed E-state index contributed by atoms with van der Waals surface area (Å²) in [6, 6.07) is 12.8. The molecule has 2 aromatic carbocycles. The van der Waals surface area contributed by atoms with Gasteiger partial charge in [-0.15, -0.1) is 0 Å². The molecule has 138 valence electrons. The van der Waals surface area contributed by atoms with E-state index in [1.807, 2.05) is 43.3 Å². The van der Waals surface area contributed by atoms with Crippen LogP contribution in [0.25, 0.3) is 6.08 Å². The van der Waals surface area contributed by atoms with Crippen molar-refractivity contribution in [3.05, 3.63) is 54.1 Å². The van der Waals surface area contributed by atoms with Gasteiger partial charge in [-0.3, -0.25) is 4.90 Å². The van der Waals surface area contributed by atoms with Crippen molar-refractivity contribution in [1.82, 2.24) is 4.90 Å². The zero-order chi connectivity index (χ0) is 18.2. The van der Waals surface area contributed by atoms with Gasteiger partial charge in [-0.2, -0.15) is 0 Å². The van der Waals surface area contributed by atoms with Gasteiger partial charge in [0.15, 0.2) is 0 Å². The number of aromatic hydroxyl groups is 1. The maximum atomic E-state index is 9.63.